The number of benzene rings is 2. The lowest BCUT2D eigenvalue weighted by atomic mass is 10.1. The lowest BCUT2D eigenvalue weighted by Gasteiger charge is -2.17. The van der Waals surface area contributed by atoms with E-state index in [0.29, 0.717) is 11.3 Å². The molecule has 138 valence electrons. The summed E-state index contributed by atoms with van der Waals surface area (Å²) in [6, 6.07) is 15.1. The van der Waals surface area contributed by atoms with Gasteiger partial charge < -0.3 is 15.0 Å². The van der Waals surface area contributed by atoms with Crippen molar-refractivity contribution >= 4 is 23.2 Å². The highest BCUT2D eigenvalue weighted by molar-refractivity contribution is 6.06. The van der Waals surface area contributed by atoms with Crippen LogP contribution in [-0.4, -0.2) is 38.3 Å². The number of halogens is 3. The predicted molar refractivity (Wildman–Crippen MR) is 91.1 cm³/mol. The number of hydrogen-bond acceptors (Lipinski definition) is 3. The molecule has 0 saturated heterocycles. The molecule has 0 aliphatic heterocycles. The van der Waals surface area contributed by atoms with Crippen LogP contribution in [0.1, 0.15) is 10.4 Å². The van der Waals surface area contributed by atoms with Crippen molar-refractivity contribution in [1.82, 2.24) is 0 Å². The van der Waals surface area contributed by atoms with Crippen LogP contribution >= 0.6 is 0 Å². The predicted octanol–water partition coefficient (Wildman–Crippen LogP) is 3.48. The smallest absolute Gasteiger partial charge is 0.362 e. The normalized spacial score (nSPS) is 11.1. The molecule has 1 N–H and O–H groups in total. The van der Waals surface area contributed by atoms with Crippen molar-refractivity contribution in [1.29, 1.82) is 0 Å². The van der Waals surface area contributed by atoms with Crippen molar-refractivity contribution in [3.05, 3.63) is 60.2 Å². The van der Waals surface area contributed by atoms with Gasteiger partial charge in [0.05, 0.1) is 0 Å². The molecular formula is C18H17F3N2O3. The fourth-order valence-electron chi connectivity index (χ4n) is 2.15. The first-order valence-corrected chi connectivity index (χ1v) is 7.64. The molecular weight excluding hydrogens is 349 g/mol. The minimum absolute atomic E-state index is 0.290. The van der Waals surface area contributed by atoms with Gasteiger partial charge in [-0.2, -0.15) is 13.2 Å². The Kier molecular flexibility index (Phi) is 6.35. The number of carbonyl (C=O) groups excluding carboxylic acids is 2. The molecule has 0 spiro atoms. The molecule has 8 heteroatoms. The highest BCUT2D eigenvalue weighted by Crippen LogP contribution is 2.18. The minimum Gasteiger partial charge on any atom is -0.362 e. The zero-order valence-corrected chi connectivity index (χ0v) is 13.9. The molecule has 0 aromatic heterocycles. The van der Waals surface area contributed by atoms with Gasteiger partial charge in [0.25, 0.3) is 5.91 Å². The molecule has 0 saturated carbocycles. The summed E-state index contributed by atoms with van der Waals surface area (Å²) < 4.78 is 40.3. The van der Waals surface area contributed by atoms with Crippen LogP contribution in [0.5, 0.6) is 0 Å². The van der Waals surface area contributed by atoms with E-state index in [-0.39, 0.29) is 11.6 Å². The standard InChI is InChI=1S/C18H17F3N2O3/c1-23(15-8-3-2-4-9-15)17(25)13-6-5-7-14(10-13)22-16(24)11-26-12-18(19,20)21/h2-10H,11-12H2,1H3,(H,22,24). The number of carbonyl (C=O) groups is 2. The van der Waals surface area contributed by atoms with Crippen molar-refractivity contribution < 1.29 is 27.5 Å². The van der Waals surface area contributed by atoms with Crippen molar-refractivity contribution in [3.8, 4) is 0 Å². The molecule has 0 atom stereocenters. The minimum atomic E-state index is -4.49. The summed E-state index contributed by atoms with van der Waals surface area (Å²) in [5.74, 6) is -1.03. The van der Waals surface area contributed by atoms with Crippen LogP contribution in [0.25, 0.3) is 0 Å². The summed E-state index contributed by atoms with van der Waals surface area (Å²) in [7, 11) is 1.62. The van der Waals surface area contributed by atoms with Gasteiger partial charge in [-0.25, -0.2) is 0 Å². The molecule has 2 aromatic rings. The Labute approximate surface area is 148 Å². The van der Waals surface area contributed by atoms with E-state index in [9.17, 15) is 22.8 Å². The number of nitrogens with zero attached hydrogens (tertiary/aromatic N) is 1. The second-order valence-electron chi connectivity index (χ2n) is 5.44. The molecule has 0 fully saturated rings. The summed E-state index contributed by atoms with van der Waals surface area (Å²) in [4.78, 5) is 25.6. The average molecular weight is 366 g/mol. The fraction of sp³-hybridized carbons (Fsp3) is 0.222. The molecule has 0 unspecified atom stereocenters. The van der Waals surface area contributed by atoms with Crippen LogP contribution in [-0.2, 0) is 9.53 Å². The number of hydrogen-bond donors (Lipinski definition) is 1. The first-order chi connectivity index (χ1) is 12.3. The Morgan fingerprint density at radius 2 is 1.77 bits per heavy atom. The molecule has 2 rings (SSSR count). The maximum absolute atomic E-state index is 12.5. The van der Waals surface area contributed by atoms with Crippen molar-refractivity contribution in [3.63, 3.8) is 0 Å². The van der Waals surface area contributed by atoms with E-state index < -0.39 is 25.3 Å². The van der Waals surface area contributed by atoms with E-state index in [1.54, 1.807) is 43.4 Å². The maximum Gasteiger partial charge on any atom is 0.411 e. The highest BCUT2D eigenvalue weighted by atomic mass is 19.4. The van der Waals surface area contributed by atoms with E-state index in [0.717, 1.165) is 0 Å². The van der Waals surface area contributed by atoms with Crippen LogP contribution < -0.4 is 10.2 Å². The molecule has 0 aliphatic rings. The summed E-state index contributed by atoms with van der Waals surface area (Å²) in [5, 5.41) is 2.40. The van der Waals surface area contributed by atoms with Gasteiger partial charge in [-0.1, -0.05) is 24.3 Å². The van der Waals surface area contributed by atoms with E-state index in [4.69, 9.17) is 0 Å². The van der Waals surface area contributed by atoms with Gasteiger partial charge in [0.1, 0.15) is 13.2 Å². The Balaban J connectivity index is 1.99. The highest BCUT2D eigenvalue weighted by Gasteiger charge is 2.27. The van der Waals surface area contributed by atoms with Crippen LogP contribution in [0.4, 0.5) is 24.5 Å². The van der Waals surface area contributed by atoms with Gasteiger partial charge in [-0.05, 0) is 30.3 Å². The summed E-state index contributed by atoms with van der Waals surface area (Å²) in [6.45, 7) is -2.23. The molecule has 5 nitrogen and oxygen atoms in total. The maximum atomic E-state index is 12.5. The van der Waals surface area contributed by atoms with Crippen molar-refractivity contribution in [2.45, 2.75) is 6.18 Å². The summed E-state index contributed by atoms with van der Waals surface area (Å²) >= 11 is 0. The second-order valence-corrected chi connectivity index (χ2v) is 5.44. The van der Waals surface area contributed by atoms with E-state index in [1.165, 1.54) is 17.0 Å². The Morgan fingerprint density at radius 1 is 1.08 bits per heavy atom. The van der Waals surface area contributed by atoms with E-state index in [1.807, 2.05) is 6.07 Å². The third-order valence-electron chi connectivity index (χ3n) is 3.34. The summed E-state index contributed by atoms with van der Waals surface area (Å²) in [5.41, 5.74) is 1.32. The zero-order valence-electron chi connectivity index (χ0n) is 13.9. The lowest BCUT2D eigenvalue weighted by molar-refractivity contribution is -0.174. The topological polar surface area (TPSA) is 58.6 Å². The molecule has 2 aromatic carbocycles. The lowest BCUT2D eigenvalue weighted by Crippen LogP contribution is -2.26. The van der Waals surface area contributed by atoms with Crippen LogP contribution in [0.3, 0.4) is 0 Å². The number of nitrogens with one attached hydrogen (secondary N) is 1. The SMILES string of the molecule is CN(C(=O)c1cccc(NC(=O)COCC(F)(F)F)c1)c1ccccc1. The van der Waals surface area contributed by atoms with Gasteiger partial charge in [0, 0.05) is 24.0 Å². The molecule has 2 amide bonds. The number of para-hydroxylation sites is 1. The van der Waals surface area contributed by atoms with Gasteiger partial charge in [-0.3, -0.25) is 9.59 Å². The first kappa shape index (κ1) is 19.5. The van der Waals surface area contributed by atoms with Crippen LogP contribution in [0, 0.1) is 0 Å². The van der Waals surface area contributed by atoms with E-state index >= 15 is 0 Å². The Bertz CT molecular complexity index is 764. The number of alkyl halides is 3. The Morgan fingerprint density at radius 3 is 2.42 bits per heavy atom. The van der Waals surface area contributed by atoms with Gasteiger partial charge in [0.2, 0.25) is 5.91 Å². The molecule has 0 heterocycles. The van der Waals surface area contributed by atoms with Gasteiger partial charge >= 0.3 is 6.18 Å². The molecule has 0 radical (unpaired) electrons. The monoisotopic (exact) mass is 366 g/mol. The van der Waals surface area contributed by atoms with Crippen molar-refractivity contribution in [2.75, 3.05) is 30.5 Å². The number of amides is 2. The number of rotatable bonds is 6. The zero-order chi connectivity index (χ0) is 19.2. The first-order valence-electron chi connectivity index (χ1n) is 7.64. The second kappa shape index (κ2) is 8.48. The molecule has 0 aliphatic carbocycles. The van der Waals surface area contributed by atoms with Crippen LogP contribution in [0.2, 0.25) is 0 Å². The third-order valence-corrected chi connectivity index (χ3v) is 3.34. The fourth-order valence-corrected chi connectivity index (χ4v) is 2.15. The van der Waals surface area contributed by atoms with Gasteiger partial charge in [0.15, 0.2) is 0 Å². The third kappa shape index (κ3) is 5.89. The van der Waals surface area contributed by atoms with Gasteiger partial charge in [-0.15, -0.1) is 0 Å². The number of anilines is 2. The summed E-state index contributed by atoms with van der Waals surface area (Å²) in [6.07, 6.45) is -4.49. The van der Waals surface area contributed by atoms with Crippen LogP contribution in [0.15, 0.2) is 54.6 Å². The average Bonchev–Trinajstić information content (AvgIpc) is 2.60. The van der Waals surface area contributed by atoms with E-state index in [2.05, 4.69) is 10.1 Å². The Hall–Kier alpha value is -2.87. The quantitative estimate of drug-likeness (QED) is 0.852. The van der Waals surface area contributed by atoms with Crippen molar-refractivity contribution in [2.24, 2.45) is 0 Å². The molecule has 26 heavy (non-hydrogen) atoms. The number of ether oxygens (including phenoxy) is 1. The largest absolute Gasteiger partial charge is 0.411 e. The molecule has 0 bridgehead atoms.